The highest BCUT2D eigenvalue weighted by atomic mass is 35.5. The van der Waals surface area contributed by atoms with Crippen LogP contribution in [0.2, 0.25) is 0 Å². The first-order valence-electron chi connectivity index (χ1n) is 5.08. The Hall–Kier alpha value is -0.810. The van der Waals surface area contributed by atoms with Gasteiger partial charge in [-0.2, -0.15) is 0 Å². The summed E-state index contributed by atoms with van der Waals surface area (Å²) in [5, 5.41) is 8.83. The van der Waals surface area contributed by atoms with E-state index in [-0.39, 0.29) is 0 Å². The molecule has 0 radical (unpaired) electrons. The molecule has 0 aromatic heterocycles. The quantitative estimate of drug-likeness (QED) is 0.418. The van der Waals surface area contributed by atoms with E-state index in [1.165, 1.54) is 0 Å². The number of hydrogen-bond donors (Lipinski definition) is 3. The van der Waals surface area contributed by atoms with Crippen molar-refractivity contribution in [2.75, 3.05) is 0 Å². The summed E-state index contributed by atoms with van der Waals surface area (Å²) in [6.07, 6.45) is 0.901. The molecular weight excluding hydrogens is 263 g/mol. The van der Waals surface area contributed by atoms with Crippen molar-refractivity contribution >= 4 is 29.2 Å². The lowest BCUT2D eigenvalue weighted by atomic mass is 10.0. The first kappa shape index (κ1) is 14.3. The number of aliphatic carboxylic acids is 1. The van der Waals surface area contributed by atoms with Crippen LogP contribution in [0.4, 0.5) is 0 Å². The van der Waals surface area contributed by atoms with Gasteiger partial charge in [0.05, 0.1) is 0 Å². The lowest BCUT2D eigenvalue weighted by molar-refractivity contribution is -0.139. The Bertz CT molecular complexity index is 368. The molecule has 0 fully saturated rings. The molecule has 17 heavy (non-hydrogen) atoms. The predicted molar refractivity (Wildman–Crippen MR) is 68.1 cm³/mol. The van der Waals surface area contributed by atoms with Gasteiger partial charge in [0, 0.05) is 6.42 Å². The minimum Gasteiger partial charge on any atom is -0.480 e. The van der Waals surface area contributed by atoms with E-state index in [1.54, 1.807) is 0 Å². The van der Waals surface area contributed by atoms with Gasteiger partial charge in [-0.1, -0.05) is 24.3 Å². The standard InChI is InChI=1S/C11H14Cl2N2O2/c12-10(13)6-8-3-1-7(2-4-8)5-9(15-14)11(16)17/h1-4,9-10,15H,5-6,14H2,(H,16,17)/t9-/m0/s1. The first-order valence-corrected chi connectivity index (χ1v) is 5.95. The van der Waals surface area contributed by atoms with Crippen LogP contribution >= 0.6 is 23.2 Å². The zero-order valence-corrected chi connectivity index (χ0v) is 10.6. The average molecular weight is 277 g/mol. The van der Waals surface area contributed by atoms with Crippen LogP contribution < -0.4 is 11.3 Å². The van der Waals surface area contributed by atoms with Crippen molar-refractivity contribution in [2.24, 2.45) is 5.84 Å². The molecule has 0 spiro atoms. The van der Waals surface area contributed by atoms with Crippen LogP contribution in [0.25, 0.3) is 0 Å². The van der Waals surface area contributed by atoms with Gasteiger partial charge in [-0.05, 0) is 17.5 Å². The lowest BCUT2D eigenvalue weighted by Crippen LogP contribution is -2.42. The summed E-state index contributed by atoms with van der Waals surface area (Å²) in [5.41, 5.74) is 4.15. The maximum atomic E-state index is 10.8. The molecule has 4 N–H and O–H groups in total. The molecule has 0 aliphatic carbocycles. The molecule has 1 aromatic rings. The number of carboxylic acids is 1. The van der Waals surface area contributed by atoms with Crippen molar-refractivity contribution in [3.63, 3.8) is 0 Å². The molecule has 4 nitrogen and oxygen atoms in total. The highest BCUT2D eigenvalue weighted by Gasteiger charge is 2.15. The zero-order valence-electron chi connectivity index (χ0n) is 9.07. The molecule has 0 amide bonds. The molecule has 6 heteroatoms. The monoisotopic (exact) mass is 276 g/mol. The Morgan fingerprint density at radius 1 is 1.24 bits per heavy atom. The smallest absolute Gasteiger partial charge is 0.322 e. The van der Waals surface area contributed by atoms with Gasteiger partial charge in [0.1, 0.15) is 10.9 Å². The first-order chi connectivity index (χ1) is 8.02. The molecule has 94 valence electrons. The lowest BCUT2D eigenvalue weighted by Gasteiger charge is -2.11. The van der Waals surface area contributed by atoms with Gasteiger partial charge in [0.15, 0.2) is 0 Å². The molecule has 0 bridgehead atoms. The van der Waals surface area contributed by atoms with E-state index in [4.69, 9.17) is 34.2 Å². The number of halogens is 2. The number of carbonyl (C=O) groups is 1. The Morgan fingerprint density at radius 2 is 1.71 bits per heavy atom. The van der Waals surface area contributed by atoms with Crippen LogP contribution in [-0.2, 0) is 17.6 Å². The fourth-order valence-corrected chi connectivity index (χ4v) is 1.80. The van der Waals surface area contributed by atoms with Crippen molar-refractivity contribution in [2.45, 2.75) is 23.7 Å². The number of nitrogens with two attached hydrogens (primary N) is 1. The second kappa shape index (κ2) is 6.81. The van der Waals surface area contributed by atoms with Crippen LogP contribution in [0.3, 0.4) is 0 Å². The van der Waals surface area contributed by atoms with Gasteiger partial charge in [-0.25, -0.2) is 5.43 Å². The SMILES string of the molecule is NN[C@@H](Cc1ccc(CC(Cl)Cl)cc1)C(=O)O. The summed E-state index contributed by atoms with van der Waals surface area (Å²) < 4.78 is 0. The molecule has 1 aromatic carbocycles. The Morgan fingerprint density at radius 3 is 2.06 bits per heavy atom. The molecule has 1 rings (SSSR count). The van der Waals surface area contributed by atoms with Crippen molar-refractivity contribution in [1.29, 1.82) is 0 Å². The summed E-state index contributed by atoms with van der Waals surface area (Å²) in [5.74, 6) is 4.18. The maximum Gasteiger partial charge on any atom is 0.322 e. The van der Waals surface area contributed by atoms with E-state index in [0.29, 0.717) is 12.8 Å². The van der Waals surface area contributed by atoms with E-state index in [0.717, 1.165) is 11.1 Å². The van der Waals surface area contributed by atoms with Crippen molar-refractivity contribution in [3.8, 4) is 0 Å². The van der Waals surface area contributed by atoms with E-state index >= 15 is 0 Å². The van der Waals surface area contributed by atoms with Crippen molar-refractivity contribution in [1.82, 2.24) is 5.43 Å². The fourth-order valence-electron chi connectivity index (χ4n) is 1.44. The third-order valence-electron chi connectivity index (χ3n) is 2.35. The minimum absolute atomic E-state index is 0.331. The second-order valence-corrected chi connectivity index (χ2v) is 4.95. The maximum absolute atomic E-state index is 10.8. The molecule has 0 saturated heterocycles. The molecule has 0 heterocycles. The Labute approximate surface area is 110 Å². The van der Waals surface area contributed by atoms with Gasteiger partial charge < -0.3 is 5.11 Å². The average Bonchev–Trinajstić information content (AvgIpc) is 2.26. The Balaban J connectivity index is 2.64. The van der Waals surface area contributed by atoms with Gasteiger partial charge in [0.25, 0.3) is 0 Å². The zero-order chi connectivity index (χ0) is 12.8. The third kappa shape index (κ3) is 4.91. The molecule has 0 aliphatic rings. The summed E-state index contributed by atoms with van der Waals surface area (Å²) in [7, 11) is 0. The fraction of sp³-hybridized carbons (Fsp3) is 0.364. The van der Waals surface area contributed by atoms with E-state index in [1.807, 2.05) is 24.3 Å². The number of nitrogens with one attached hydrogen (secondary N) is 1. The van der Waals surface area contributed by atoms with Crippen molar-refractivity contribution < 1.29 is 9.90 Å². The van der Waals surface area contributed by atoms with E-state index in [2.05, 4.69) is 5.43 Å². The highest BCUT2D eigenvalue weighted by Crippen LogP contribution is 2.13. The predicted octanol–water partition coefficient (Wildman–Crippen LogP) is 1.49. The summed E-state index contributed by atoms with van der Waals surface area (Å²) in [4.78, 5) is 10.3. The number of hydrogen-bond acceptors (Lipinski definition) is 3. The van der Waals surface area contributed by atoms with Crippen LogP contribution in [0.15, 0.2) is 24.3 Å². The summed E-state index contributed by atoms with van der Waals surface area (Å²) >= 11 is 11.3. The van der Waals surface area contributed by atoms with Crippen LogP contribution in [-0.4, -0.2) is 22.0 Å². The topological polar surface area (TPSA) is 75.3 Å². The van der Waals surface area contributed by atoms with Crippen LogP contribution in [0.1, 0.15) is 11.1 Å². The summed E-state index contributed by atoms with van der Waals surface area (Å²) in [6.45, 7) is 0. The van der Waals surface area contributed by atoms with Crippen molar-refractivity contribution in [3.05, 3.63) is 35.4 Å². The van der Waals surface area contributed by atoms with Crippen LogP contribution in [0.5, 0.6) is 0 Å². The number of benzene rings is 1. The normalized spacial score (nSPS) is 12.7. The largest absolute Gasteiger partial charge is 0.480 e. The molecule has 0 unspecified atom stereocenters. The molecular formula is C11H14Cl2N2O2. The van der Waals surface area contributed by atoms with E-state index in [9.17, 15) is 4.79 Å². The number of alkyl halides is 2. The van der Waals surface area contributed by atoms with E-state index < -0.39 is 16.8 Å². The minimum atomic E-state index is -0.974. The third-order valence-corrected chi connectivity index (χ3v) is 2.66. The van der Waals surface area contributed by atoms with Gasteiger partial charge in [0.2, 0.25) is 0 Å². The second-order valence-electron chi connectivity index (χ2n) is 3.67. The highest BCUT2D eigenvalue weighted by molar-refractivity contribution is 6.44. The van der Waals surface area contributed by atoms with Gasteiger partial charge >= 0.3 is 5.97 Å². The van der Waals surface area contributed by atoms with Crippen LogP contribution in [0, 0.1) is 0 Å². The molecule has 1 atom stereocenters. The Kier molecular flexibility index (Phi) is 5.71. The number of rotatable bonds is 6. The molecule has 0 saturated carbocycles. The number of hydrazine groups is 1. The number of carboxylic acid groups (broad SMARTS) is 1. The summed E-state index contributed by atoms with van der Waals surface area (Å²) in [6, 6.07) is 6.66. The van der Waals surface area contributed by atoms with Gasteiger partial charge in [-0.3, -0.25) is 10.6 Å². The van der Waals surface area contributed by atoms with Gasteiger partial charge in [-0.15, -0.1) is 23.2 Å². The molecule has 0 aliphatic heterocycles.